The third kappa shape index (κ3) is 5.98. The molecule has 9 nitrogen and oxygen atoms in total. The number of carbonyl (C=O) groups is 3. The number of nitrogens with one attached hydrogen (secondary N) is 2. The number of amides is 3. The van der Waals surface area contributed by atoms with Gasteiger partial charge in [0.1, 0.15) is 5.75 Å². The molecule has 2 heterocycles. The highest BCUT2D eigenvalue weighted by atomic mass is 16.7. The summed E-state index contributed by atoms with van der Waals surface area (Å²) in [7, 11) is 0. The molecule has 202 valence electrons. The minimum atomic E-state index is -0.445. The number of benzene rings is 3. The van der Waals surface area contributed by atoms with E-state index in [0.29, 0.717) is 36.0 Å². The van der Waals surface area contributed by atoms with Gasteiger partial charge < -0.3 is 29.7 Å². The molecule has 3 amide bonds. The molecule has 0 aliphatic carbocycles. The zero-order valence-corrected chi connectivity index (χ0v) is 22.2. The SMILES string of the molecule is Cc1cc(C)c(NC(=O)COc2ccc(N3C[C@@H](C(=O)NCc4ccc5c(c4)OCO5)CC3=O)cc2)c(C)c1. The minimum Gasteiger partial charge on any atom is -0.484 e. The van der Waals surface area contributed by atoms with Crippen molar-refractivity contribution in [2.75, 3.05) is 30.2 Å². The molecule has 1 saturated heterocycles. The molecule has 3 aromatic carbocycles. The molecule has 0 bridgehead atoms. The first-order chi connectivity index (χ1) is 18.8. The number of rotatable bonds is 8. The van der Waals surface area contributed by atoms with Gasteiger partial charge in [0.05, 0.1) is 5.92 Å². The second kappa shape index (κ2) is 11.1. The Hall–Kier alpha value is -4.53. The van der Waals surface area contributed by atoms with E-state index in [9.17, 15) is 14.4 Å². The van der Waals surface area contributed by atoms with E-state index in [1.165, 1.54) is 0 Å². The Bertz CT molecular complexity index is 1400. The van der Waals surface area contributed by atoms with E-state index in [-0.39, 0.29) is 37.5 Å². The third-order valence-corrected chi connectivity index (χ3v) is 6.86. The van der Waals surface area contributed by atoms with Gasteiger partial charge in [-0.25, -0.2) is 0 Å². The van der Waals surface area contributed by atoms with Crippen LogP contribution in [0.2, 0.25) is 0 Å². The van der Waals surface area contributed by atoms with Gasteiger partial charge >= 0.3 is 0 Å². The maximum Gasteiger partial charge on any atom is 0.262 e. The Labute approximate surface area is 227 Å². The molecule has 3 aromatic rings. The summed E-state index contributed by atoms with van der Waals surface area (Å²) in [6.45, 7) is 6.63. The van der Waals surface area contributed by atoms with Crippen LogP contribution in [0.4, 0.5) is 11.4 Å². The van der Waals surface area contributed by atoms with Gasteiger partial charge in [-0.15, -0.1) is 0 Å². The summed E-state index contributed by atoms with van der Waals surface area (Å²) in [4.78, 5) is 39.5. The number of aryl methyl sites for hydroxylation is 3. The third-order valence-electron chi connectivity index (χ3n) is 6.86. The molecular weight excluding hydrogens is 498 g/mol. The van der Waals surface area contributed by atoms with Gasteiger partial charge in [-0.2, -0.15) is 0 Å². The zero-order valence-electron chi connectivity index (χ0n) is 22.2. The predicted molar refractivity (Wildman–Crippen MR) is 146 cm³/mol. The van der Waals surface area contributed by atoms with Crippen molar-refractivity contribution in [3.8, 4) is 17.2 Å². The van der Waals surface area contributed by atoms with Crippen molar-refractivity contribution in [2.45, 2.75) is 33.7 Å². The molecule has 0 saturated carbocycles. The molecule has 5 rings (SSSR count). The fraction of sp³-hybridized carbons (Fsp3) is 0.300. The standard InChI is InChI=1S/C30H31N3O6/c1-18-10-19(2)29(20(3)11-18)32-27(34)16-37-24-7-5-23(6-8-24)33-15-22(13-28(33)35)30(36)31-14-21-4-9-25-26(12-21)39-17-38-25/h4-12,22H,13-17H2,1-3H3,(H,31,36)(H,32,34)/t22-/m0/s1. The zero-order chi connectivity index (χ0) is 27.5. The largest absolute Gasteiger partial charge is 0.484 e. The van der Waals surface area contributed by atoms with E-state index in [0.717, 1.165) is 27.9 Å². The van der Waals surface area contributed by atoms with E-state index in [4.69, 9.17) is 14.2 Å². The van der Waals surface area contributed by atoms with Crippen molar-refractivity contribution in [3.63, 3.8) is 0 Å². The second-order valence-electron chi connectivity index (χ2n) is 9.92. The lowest BCUT2D eigenvalue weighted by atomic mass is 10.1. The normalized spacial score (nSPS) is 15.8. The Balaban J connectivity index is 1.11. The average molecular weight is 530 g/mol. The van der Waals surface area contributed by atoms with Crippen LogP contribution in [0.15, 0.2) is 54.6 Å². The van der Waals surface area contributed by atoms with Crippen molar-refractivity contribution in [1.29, 1.82) is 0 Å². The molecule has 2 aliphatic rings. The molecule has 0 spiro atoms. The molecule has 2 N–H and O–H groups in total. The van der Waals surface area contributed by atoms with Crippen molar-refractivity contribution in [3.05, 3.63) is 76.9 Å². The second-order valence-corrected chi connectivity index (χ2v) is 9.92. The van der Waals surface area contributed by atoms with Gasteiger partial charge in [0, 0.05) is 30.9 Å². The van der Waals surface area contributed by atoms with Crippen LogP contribution in [0.1, 0.15) is 28.7 Å². The van der Waals surface area contributed by atoms with Crippen LogP contribution >= 0.6 is 0 Å². The topological polar surface area (TPSA) is 106 Å². The minimum absolute atomic E-state index is 0.116. The molecule has 2 aliphatic heterocycles. The highest BCUT2D eigenvalue weighted by Crippen LogP contribution is 2.32. The maximum absolute atomic E-state index is 12.8. The van der Waals surface area contributed by atoms with Crippen LogP contribution in [0.5, 0.6) is 17.2 Å². The summed E-state index contributed by atoms with van der Waals surface area (Å²) in [6.07, 6.45) is 0.142. The number of carbonyl (C=O) groups excluding carboxylic acids is 3. The Kier molecular flexibility index (Phi) is 7.40. The fourth-order valence-electron chi connectivity index (χ4n) is 4.94. The van der Waals surface area contributed by atoms with Crippen LogP contribution in [0, 0.1) is 26.7 Å². The van der Waals surface area contributed by atoms with Crippen LogP contribution in [-0.2, 0) is 20.9 Å². The van der Waals surface area contributed by atoms with Gasteiger partial charge in [0.2, 0.25) is 18.6 Å². The van der Waals surface area contributed by atoms with Gasteiger partial charge in [-0.3, -0.25) is 14.4 Å². The number of fused-ring (bicyclic) bond motifs is 1. The van der Waals surface area contributed by atoms with Crippen molar-refractivity contribution in [1.82, 2.24) is 5.32 Å². The van der Waals surface area contributed by atoms with Gasteiger partial charge in [0.15, 0.2) is 18.1 Å². The number of ether oxygens (including phenoxy) is 3. The summed E-state index contributed by atoms with van der Waals surface area (Å²) >= 11 is 0. The molecule has 0 radical (unpaired) electrons. The van der Waals surface area contributed by atoms with Crippen LogP contribution in [-0.4, -0.2) is 37.7 Å². The summed E-state index contributed by atoms with van der Waals surface area (Å²) in [5.74, 6) is 0.875. The van der Waals surface area contributed by atoms with Crippen molar-refractivity contribution >= 4 is 29.1 Å². The lowest BCUT2D eigenvalue weighted by molar-refractivity contribution is -0.126. The van der Waals surface area contributed by atoms with Gasteiger partial charge in [0.25, 0.3) is 5.91 Å². The fourth-order valence-corrected chi connectivity index (χ4v) is 4.94. The molecule has 1 atom stereocenters. The molecule has 39 heavy (non-hydrogen) atoms. The Morgan fingerprint density at radius 1 is 0.974 bits per heavy atom. The summed E-state index contributed by atoms with van der Waals surface area (Å²) < 4.78 is 16.3. The molecular formula is C30H31N3O6. The smallest absolute Gasteiger partial charge is 0.262 e. The number of anilines is 2. The average Bonchev–Trinajstić information content (AvgIpc) is 3.54. The molecule has 0 unspecified atom stereocenters. The highest BCUT2D eigenvalue weighted by Gasteiger charge is 2.35. The van der Waals surface area contributed by atoms with E-state index < -0.39 is 5.92 Å². The lowest BCUT2D eigenvalue weighted by Crippen LogP contribution is -2.32. The van der Waals surface area contributed by atoms with E-state index in [2.05, 4.69) is 10.6 Å². The van der Waals surface area contributed by atoms with Crippen LogP contribution < -0.4 is 29.7 Å². The monoisotopic (exact) mass is 529 g/mol. The van der Waals surface area contributed by atoms with Crippen LogP contribution in [0.3, 0.4) is 0 Å². The molecule has 0 aromatic heterocycles. The Morgan fingerprint density at radius 2 is 1.69 bits per heavy atom. The van der Waals surface area contributed by atoms with E-state index in [1.807, 2.05) is 51.1 Å². The first-order valence-corrected chi connectivity index (χ1v) is 12.8. The maximum atomic E-state index is 12.8. The van der Waals surface area contributed by atoms with E-state index in [1.54, 1.807) is 29.2 Å². The summed E-state index contributed by atoms with van der Waals surface area (Å²) in [6, 6.07) is 16.5. The van der Waals surface area contributed by atoms with Gasteiger partial charge in [-0.1, -0.05) is 23.8 Å². The lowest BCUT2D eigenvalue weighted by Gasteiger charge is -2.17. The highest BCUT2D eigenvalue weighted by molar-refractivity contribution is 6.00. The first-order valence-electron chi connectivity index (χ1n) is 12.8. The molecule has 9 heteroatoms. The Morgan fingerprint density at radius 3 is 2.44 bits per heavy atom. The van der Waals surface area contributed by atoms with Gasteiger partial charge in [-0.05, 0) is 73.9 Å². The first kappa shape index (κ1) is 26.1. The quantitative estimate of drug-likeness (QED) is 0.457. The summed E-state index contributed by atoms with van der Waals surface area (Å²) in [5.41, 5.74) is 5.51. The van der Waals surface area contributed by atoms with Crippen LogP contribution in [0.25, 0.3) is 0 Å². The molecule has 1 fully saturated rings. The van der Waals surface area contributed by atoms with E-state index >= 15 is 0 Å². The van der Waals surface area contributed by atoms with Crippen molar-refractivity contribution in [2.24, 2.45) is 5.92 Å². The predicted octanol–water partition coefficient (Wildman–Crippen LogP) is 4.03. The summed E-state index contributed by atoms with van der Waals surface area (Å²) in [5, 5.41) is 5.83. The van der Waals surface area contributed by atoms with Crippen molar-refractivity contribution < 1.29 is 28.6 Å². The number of hydrogen-bond donors (Lipinski definition) is 2. The number of nitrogens with zero attached hydrogens (tertiary/aromatic N) is 1. The number of hydrogen-bond acceptors (Lipinski definition) is 6.